The summed E-state index contributed by atoms with van der Waals surface area (Å²) in [6.07, 6.45) is 1.48. The van der Waals surface area contributed by atoms with E-state index >= 15 is 0 Å². The monoisotopic (exact) mass is 143 g/mol. The smallest absolute Gasteiger partial charge is 0.232 e. The Morgan fingerprint density at radius 3 is 2.91 bits per heavy atom. The number of hydrogen-bond acceptors (Lipinski definition) is 1. The maximum Gasteiger partial charge on any atom is 0.232 e. The van der Waals surface area contributed by atoms with E-state index in [4.69, 9.17) is 11.0 Å². The molecular formula is C9H5NO. The lowest BCUT2D eigenvalue weighted by molar-refractivity contribution is 0.617. The molecule has 2 nitrogen and oxygen atoms in total. The van der Waals surface area contributed by atoms with Gasteiger partial charge in [-0.3, -0.25) is 0 Å². The molecule has 0 atom stereocenters. The first-order valence-electron chi connectivity index (χ1n) is 3.25. The summed E-state index contributed by atoms with van der Waals surface area (Å²) >= 11 is 0. The summed E-state index contributed by atoms with van der Waals surface area (Å²) in [6, 6.07) is 7.52. The molecule has 0 unspecified atom stereocenters. The van der Waals surface area contributed by atoms with Crippen molar-refractivity contribution in [3.63, 3.8) is 0 Å². The molecule has 0 fully saturated rings. The van der Waals surface area contributed by atoms with Gasteiger partial charge in [0.2, 0.25) is 5.69 Å². The molecule has 2 aromatic rings. The lowest BCUT2D eigenvalue weighted by Gasteiger charge is -1.84. The predicted octanol–water partition coefficient (Wildman–Crippen LogP) is 2.98. The molecule has 1 aromatic carbocycles. The van der Waals surface area contributed by atoms with E-state index in [1.807, 2.05) is 24.3 Å². The second-order valence-electron chi connectivity index (χ2n) is 2.23. The molecule has 0 saturated heterocycles. The van der Waals surface area contributed by atoms with Crippen LogP contribution in [0.25, 0.3) is 15.8 Å². The summed E-state index contributed by atoms with van der Waals surface area (Å²) < 4.78 is 5.13. The number of benzene rings is 1. The number of rotatable bonds is 0. The van der Waals surface area contributed by atoms with E-state index in [0.717, 1.165) is 11.0 Å². The summed E-state index contributed by atoms with van der Waals surface area (Å²) in [5, 5.41) is 0.891. The first-order valence-corrected chi connectivity index (χ1v) is 3.25. The Morgan fingerprint density at radius 1 is 1.27 bits per heavy atom. The Hall–Kier alpha value is -1.75. The van der Waals surface area contributed by atoms with Crippen LogP contribution in [0.3, 0.4) is 0 Å². The molecule has 52 valence electrons. The van der Waals surface area contributed by atoms with E-state index in [1.54, 1.807) is 0 Å². The van der Waals surface area contributed by atoms with Gasteiger partial charge < -0.3 is 4.42 Å². The van der Waals surface area contributed by atoms with Crippen LogP contribution in [0.5, 0.6) is 0 Å². The molecule has 0 radical (unpaired) electrons. The van der Waals surface area contributed by atoms with E-state index in [0.29, 0.717) is 5.69 Å². The first kappa shape index (κ1) is 5.99. The Morgan fingerprint density at radius 2 is 2.09 bits per heavy atom. The molecule has 0 N–H and O–H groups in total. The van der Waals surface area contributed by atoms with Crippen molar-refractivity contribution in [3.05, 3.63) is 41.9 Å². The van der Waals surface area contributed by atoms with Crippen molar-refractivity contribution in [1.29, 1.82) is 0 Å². The summed E-state index contributed by atoms with van der Waals surface area (Å²) in [7, 11) is 0. The van der Waals surface area contributed by atoms with Crippen molar-refractivity contribution in [2.45, 2.75) is 0 Å². The van der Waals surface area contributed by atoms with Gasteiger partial charge in [-0.25, -0.2) is 4.85 Å². The molecule has 2 rings (SSSR count). The summed E-state index contributed by atoms with van der Waals surface area (Å²) in [5.41, 5.74) is 1.36. The standard InChI is InChI=1S/C9H5NO/c1-10-8-6-11-9-5-3-2-4-7(8)9/h2-6H. The number of furan rings is 1. The van der Waals surface area contributed by atoms with E-state index in [1.165, 1.54) is 6.26 Å². The largest absolute Gasteiger partial charge is 0.477 e. The zero-order valence-electron chi connectivity index (χ0n) is 5.74. The van der Waals surface area contributed by atoms with Gasteiger partial charge in [0.25, 0.3) is 0 Å². The first-order chi connectivity index (χ1) is 5.42. The van der Waals surface area contributed by atoms with Crippen LogP contribution in [0, 0.1) is 6.57 Å². The topological polar surface area (TPSA) is 17.5 Å². The predicted molar refractivity (Wildman–Crippen MR) is 42.5 cm³/mol. The Kier molecular flexibility index (Phi) is 1.16. The number of hydrogen-bond donors (Lipinski definition) is 0. The normalized spacial score (nSPS) is 9.73. The second-order valence-corrected chi connectivity index (χ2v) is 2.23. The third-order valence-electron chi connectivity index (χ3n) is 1.58. The highest BCUT2D eigenvalue weighted by atomic mass is 16.3. The van der Waals surface area contributed by atoms with Gasteiger partial charge in [0.15, 0.2) is 0 Å². The minimum Gasteiger partial charge on any atom is -0.477 e. The van der Waals surface area contributed by atoms with E-state index < -0.39 is 0 Å². The molecule has 0 amide bonds. The van der Waals surface area contributed by atoms with Gasteiger partial charge in [-0.2, -0.15) is 0 Å². The molecule has 0 saturated carbocycles. The van der Waals surface area contributed by atoms with Gasteiger partial charge in [-0.15, -0.1) is 0 Å². The number of fused-ring (bicyclic) bond motifs is 1. The zero-order valence-corrected chi connectivity index (χ0v) is 5.74. The summed E-state index contributed by atoms with van der Waals surface area (Å²) in [4.78, 5) is 3.31. The lowest BCUT2D eigenvalue weighted by atomic mass is 10.2. The fraction of sp³-hybridized carbons (Fsp3) is 0. The van der Waals surface area contributed by atoms with Gasteiger partial charge in [0.1, 0.15) is 5.58 Å². The molecule has 1 aromatic heterocycles. The highest BCUT2D eigenvalue weighted by Gasteiger charge is 2.01. The van der Waals surface area contributed by atoms with E-state index in [-0.39, 0.29) is 0 Å². The van der Waals surface area contributed by atoms with Crippen LogP contribution in [-0.2, 0) is 0 Å². The molecule has 0 aliphatic rings. The Labute approximate surface area is 63.9 Å². The van der Waals surface area contributed by atoms with E-state index in [9.17, 15) is 0 Å². The molecule has 0 spiro atoms. The average Bonchev–Trinajstić information content (AvgIpc) is 2.47. The summed E-state index contributed by atoms with van der Waals surface area (Å²) in [5.74, 6) is 0. The molecule has 0 aliphatic carbocycles. The summed E-state index contributed by atoms with van der Waals surface area (Å²) in [6.45, 7) is 6.81. The molecule has 1 heterocycles. The SMILES string of the molecule is [C-]#[N+]c1coc2ccccc12. The quantitative estimate of drug-likeness (QED) is 0.518. The van der Waals surface area contributed by atoms with Crippen LogP contribution in [0.1, 0.15) is 0 Å². The molecule has 0 aliphatic heterocycles. The fourth-order valence-corrected chi connectivity index (χ4v) is 1.05. The van der Waals surface area contributed by atoms with Gasteiger partial charge >= 0.3 is 0 Å². The van der Waals surface area contributed by atoms with Crippen LogP contribution in [0.15, 0.2) is 34.9 Å². The zero-order chi connectivity index (χ0) is 7.68. The van der Waals surface area contributed by atoms with Crippen LogP contribution >= 0.6 is 0 Å². The van der Waals surface area contributed by atoms with E-state index in [2.05, 4.69) is 4.85 Å². The van der Waals surface area contributed by atoms with Crippen molar-refractivity contribution in [3.8, 4) is 0 Å². The molecule has 0 bridgehead atoms. The minimum absolute atomic E-state index is 0.584. The van der Waals surface area contributed by atoms with Gasteiger partial charge in [-0.05, 0) is 6.07 Å². The average molecular weight is 143 g/mol. The Balaban J connectivity index is 2.89. The third kappa shape index (κ3) is 0.786. The van der Waals surface area contributed by atoms with Crippen molar-refractivity contribution < 1.29 is 4.42 Å². The second kappa shape index (κ2) is 2.14. The maximum absolute atomic E-state index is 6.81. The Bertz CT molecular complexity index is 422. The van der Waals surface area contributed by atoms with Crippen LogP contribution < -0.4 is 0 Å². The molecule has 2 heteroatoms. The van der Waals surface area contributed by atoms with Crippen LogP contribution in [0.4, 0.5) is 5.69 Å². The number of para-hydroxylation sites is 1. The van der Waals surface area contributed by atoms with Crippen molar-refractivity contribution in [2.75, 3.05) is 0 Å². The van der Waals surface area contributed by atoms with Gasteiger partial charge in [-0.1, -0.05) is 18.2 Å². The lowest BCUT2D eigenvalue weighted by Crippen LogP contribution is -1.59. The third-order valence-corrected chi connectivity index (χ3v) is 1.58. The molecular weight excluding hydrogens is 138 g/mol. The molecule has 11 heavy (non-hydrogen) atoms. The van der Waals surface area contributed by atoms with Gasteiger partial charge in [0, 0.05) is 5.39 Å². The minimum atomic E-state index is 0.584. The van der Waals surface area contributed by atoms with Crippen LogP contribution in [0.2, 0.25) is 0 Å². The van der Waals surface area contributed by atoms with Crippen LogP contribution in [-0.4, -0.2) is 0 Å². The van der Waals surface area contributed by atoms with Crippen molar-refractivity contribution in [2.24, 2.45) is 0 Å². The van der Waals surface area contributed by atoms with Gasteiger partial charge in [0.05, 0.1) is 12.8 Å². The van der Waals surface area contributed by atoms with Crippen molar-refractivity contribution in [1.82, 2.24) is 0 Å². The highest BCUT2D eigenvalue weighted by molar-refractivity contribution is 5.90. The fourth-order valence-electron chi connectivity index (χ4n) is 1.05. The van der Waals surface area contributed by atoms with Crippen molar-refractivity contribution >= 4 is 16.7 Å². The number of nitrogens with zero attached hydrogens (tertiary/aromatic N) is 1. The highest BCUT2D eigenvalue weighted by Crippen LogP contribution is 2.27. The maximum atomic E-state index is 6.81.